The van der Waals surface area contributed by atoms with Crippen molar-refractivity contribution >= 4 is 18.4 Å². The molecule has 0 saturated carbocycles. The van der Waals surface area contributed by atoms with Crippen LogP contribution in [0.3, 0.4) is 0 Å². The van der Waals surface area contributed by atoms with Gasteiger partial charge in [0, 0.05) is 38.3 Å². The molecule has 0 radical (unpaired) electrons. The molecule has 0 aromatic heterocycles. The Bertz CT molecular complexity index is 744. The van der Waals surface area contributed by atoms with Crippen LogP contribution in [0.4, 0.5) is 14.5 Å². The van der Waals surface area contributed by atoms with Gasteiger partial charge in [-0.05, 0) is 48.9 Å². The van der Waals surface area contributed by atoms with Crippen LogP contribution in [0.15, 0.2) is 42.5 Å². The molecule has 0 aliphatic carbocycles. The maximum Gasteiger partial charge on any atom is 0.206 e. The van der Waals surface area contributed by atoms with Crippen LogP contribution < -0.4 is 10.6 Å². The van der Waals surface area contributed by atoms with Gasteiger partial charge < -0.3 is 20.3 Å². The molecule has 0 atom stereocenters. The number of amides is 1. The zero-order chi connectivity index (χ0) is 24.4. The first kappa shape index (κ1) is 29.2. The lowest BCUT2D eigenvalue weighted by molar-refractivity contribution is -0.109. The number of halogens is 2. The van der Waals surface area contributed by atoms with Crippen molar-refractivity contribution in [2.45, 2.75) is 46.1 Å². The van der Waals surface area contributed by atoms with E-state index in [9.17, 15) is 13.6 Å². The Labute approximate surface area is 191 Å². The van der Waals surface area contributed by atoms with Gasteiger partial charge in [-0.1, -0.05) is 39.3 Å². The van der Waals surface area contributed by atoms with Gasteiger partial charge >= 0.3 is 0 Å². The Morgan fingerprint density at radius 1 is 1.00 bits per heavy atom. The summed E-state index contributed by atoms with van der Waals surface area (Å²) in [6.45, 7) is 8.15. The molecule has 1 saturated heterocycles. The van der Waals surface area contributed by atoms with E-state index in [1.165, 1.54) is 12.1 Å². The fraction of sp³-hybridized carbons (Fsp3) is 0.440. The monoisotopic (exact) mass is 449 g/mol. The molecule has 0 bridgehead atoms. The maximum absolute atomic E-state index is 13.2. The minimum absolute atomic E-state index is 0.484. The topological polar surface area (TPSA) is 61.4 Å². The average Bonchev–Trinajstić information content (AvgIpc) is 2.78. The number of rotatable bonds is 7. The van der Waals surface area contributed by atoms with E-state index < -0.39 is 11.6 Å². The third kappa shape index (κ3) is 12.2. The number of carbonyl (C=O) groups is 2. The van der Waals surface area contributed by atoms with Gasteiger partial charge in [0.05, 0.1) is 6.04 Å². The number of hydrogen-bond donors (Lipinski definition) is 2. The number of aldehydes is 1. The van der Waals surface area contributed by atoms with E-state index in [-0.39, 0.29) is 0 Å². The third-order valence-electron chi connectivity index (χ3n) is 4.31. The molecule has 1 fully saturated rings. The lowest BCUT2D eigenvalue weighted by Gasteiger charge is -2.37. The normalized spacial score (nSPS) is 12.3. The second-order valence-corrected chi connectivity index (χ2v) is 7.01. The van der Waals surface area contributed by atoms with Gasteiger partial charge in [0.1, 0.15) is 17.9 Å². The van der Waals surface area contributed by atoms with Gasteiger partial charge in [0.15, 0.2) is 0 Å². The second kappa shape index (κ2) is 17.8. The van der Waals surface area contributed by atoms with Crippen molar-refractivity contribution in [3.05, 3.63) is 54.1 Å². The summed E-state index contributed by atoms with van der Waals surface area (Å²) in [6.07, 6.45) is 4.49. The molecule has 2 N–H and O–H groups in total. The Kier molecular flexibility index (Phi) is 16.3. The number of hydrogen-bond acceptors (Lipinski definition) is 4. The molecule has 7 heteroatoms. The van der Waals surface area contributed by atoms with Crippen molar-refractivity contribution in [3.8, 4) is 11.1 Å². The van der Waals surface area contributed by atoms with Gasteiger partial charge in [0.2, 0.25) is 6.41 Å². The van der Waals surface area contributed by atoms with Crippen LogP contribution in [0.2, 0.25) is 0 Å². The van der Waals surface area contributed by atoms with E-state index in [4.69, 9.17) is 4.79 Å². The van der Waals surface area contributed by atoms with Gasteiger partial charge in [-0.15, -0.1) is 0 Å². The number of benzene rings is 2. The first-order valence-corrected chi connectivity index (χ1v) is 11.0. The van der Waals surface area contributed by atoms with E-state index in [0.29, 0.717) is 18.0 Å². The number of nitrogens with one attached hydrogen (secondary N) is 2. The summed E-state index contributed by atoms with van der Waals surface area (Å²) in [5, 5.41) is 5.67. The lowest BCUT2D eigenvalue weighted by Crippen LogP contribution is -2.52. The smallest absolute Gasteiger partial charge is 0.206 e. The number of likely N-dealkylation sites (N-methyl/N-ethyl adjacent to an activating group) is 1. The zero-order valence-corrected chi connectivity index (χ0v) is 19.8. The van der Waals surface area contributed by atoms with Crippen molar-refractivity contribution < 1.29 is 18.4 Å². The van der Waals surface area contributed by atoms with Gasteiger partial charge in [-0.3, -0.25) is 4.79 Å². The molecular weight excluding hydrogens is 412 g/mol. The number of carbonyl (C=O) groups excluding carboxylic acids is 2. The molecule has 2 aromatic rings. The molecule has 0 spiro atoms. The first-order chi connectivity index (χ1) is 15.4. The highest BCUT2D eigenvalue weighted by molar-refractivity contribution is 5.66. The fourth-order valence-corrected chi connectivity index (χ4v) is 2.79. The summed E-state index contributed by atoms with van der Waals surface area (Å²) in [5.74, 6) is -1.11. The summed E-state index contributed by atoms with van der Waals surface area (Å²) in [6, 6.07) is 11.7. The van der Waals surface area contributed by atoms with Gasteiger partial charge in [0.25, 0.3) is 0 Å². The van der Waals surface area contributed by atoms with Crippen LogP contribution in [0, 0.1) is 11.6 Å². The fourth-order valence-electron chi connectivity index (χ4n) is 2.79. The molecule has 1 aliphatic heterocycles. The van der Waals surface area contributed by atoms with Crippen molar-refractivity contribution in [2.75, 3.05) is 32.5 Å². The summed E-state index contributed by atoms with van der Waals surface area (Å²) >= 11 is 0. The summed E-state index contributed by atoms with van der Waals surface area (Å²) in [7, 11) is 3.65. The number of likely N-dealkylation sites (tertiary alicyclic amines) is 1. The van der Waals surface area contributed by atoms with E-state index in [0.717, 1.165) is 56.0 Å². The summed E-state index contributed by atoms with van der Waals surface area (Å²) < 4.78 is 26.4. The molecule has 0 unspecified atom stereocenters. The minimum atomic E-state index is -0.556. The van der Waals surface area contributed by atoms with Gasteiger partial charge in [-0.2, -0.15) is 0 Å². The van der Waals surface area contributed by atoms with E-state index in [1.54, 1.807) is 7.05 Å². The zero-order valence-electron chi connectivity index (χ0n) is 19.8. The van der Waals surface area contributed by atoms with Gasteiger partial charge in [-0.25, -0.2) is 8.78 Å². The predicted octanol–water partition coefficient (Wildman–Crippen LogP) is 5.12. The highest BCUT2D eigenvalue weighted by atomic mass is 19.1. The van der Waals surface area contributed by atoms with Crippen LogP contribution in [0.25, 0.3) is 11.1 Å². The first-order valence-electron chi connectivity index (χ1n) is 11.0. The maximum atomic E-state index is 13.2. The highest BCUT2D eigenvalue weighted by Gasteiger charge is 2.22. The minimum Gasteiger partial charge on any atom is -0.380 e. The van der Waals surface area contributed by atoms with Crippen LogP contribution in [-0.2, 0) is 9.59 Å². The van der Waals surface area contributed by atoms with Crippen LogP contribution in [-0.4, -0.2) is 50.8 Å². The standard InChI is InChI=1S/C16H16F2N2.C5H10O.C2H5NO.C2H6/c1-20-9-16(10-20)19-15-4-2-11(3-5-15)12-6-13(17)8-14(18)7-12;1-2-3-4-5-6;1-3-2-4;1-2/h2-8,16,19H,9-10H2,1H3;5H,2-4H2,1H3;2H,1H3,(H,3,4);1-2H3. The SMILES string of the molecule is CC.CCCCC=O.CN1CC(Nc2ccc(-c3cc(F)cc(F)c3)cc2)C1.CNC=O. The predicted molar refractivity (Wildman–Crippen MR) is 129 cm³/mol. The van der Waals surface area contributed by atoms with Crippen molar-refractivity contribution in [3.63, 3.8) is 0 Å². The molecule has 5 nitrogen and oxygen atoms in total. The quantitative estimate of drug-likeness (QED) is 0.455. The largest absolute Gasteiger partial charge is 0.380 e. The number of nitrogens with zero attached hydrogens (tertiary/aromatic N) is 1. The third-order valence-corrected chi connectivity index (χ3v) is 4.31. The molecular formula is C25H37F2N3O2. The molecule has 3 rings (SSSR count). The molecule has 178 valence electrons. The van der Waals surface area contributed by atoms with Crippen LogP contribution in [0.5, 0.6) is 0 Å². The average molecular weight is 450 g/mol. The lowest BCUT2D eigenvalue weighted by atomic mass is 10.0. The Morgan fingerprint density at radius 2 is 1.53 bits per heavy atom. The summed E-state index contributed by atoms with van der Waals surface area (Å²) in [4.78, 5) is 20.9. The second-order valence-electron chi connectivity index (χ2n) is 7.01. The molecule has 2 aromatic carbocycles. The molecule has 32 heavy (non-hydrogen) atoms. The Balaban J connectivity index is 0.000000671. The highest BCUT2D eigenvalue weighted by Crippen LogP contribution is 2.24. The summed E-state index contributed by atoms with van der Waals surface area (Å²) in [5.41, 5.74) is 2.39. The number of unbranched alkanes of at least 4 members (excludes halogenated alkanes) is 2. The van der Waals surface area contributed by atoms with Crippen molar-refractivity contribution in [1.82, 2.24) is 10.2 Å². The Morgan fingerprint density at radius 3 is 1.91 bits per heavy atom. The molecule has 1 heterocycles. The van der Waals surface area contributed by atoms with Crippen LogP contribution >= 0.6 is 0 Å². The van der Waals surface area contributed by atoms with E-state index in [2.05, 4.69) is 29.5 Å². The van der Waals surface area contributed by atoms with Crippen LogP contribution in [0.1, 0.15) is 40.0 Å². The van der Waals surface area contributed by atoms with Crippen molar-refractivity contribution in [2.24, 2.45) is 0 Å². The molecule has 1 amide bonds. The van der Waals surface area contributed by atoms with E-state index in [1.807, 2.05) is 38.1 Å². The number of anilines is 1. The van der Waals surface area contributed by atoms with Crippen molar-refractivity contribution in [1.29, 1.82) is 0 Å². The molecule has 1 aliphatic rings. The Hall–Kier alpha value is -2.80. The van der Waals surface area contributed by atoms with E-state index >= 15 is 0 Å².